The normalized spacial score (nSPS) is 29.3. The smallest absolute Gasteiger partial charge is 0.319 e. The third-order valence-electron chi connectivity index (χ3n) is 9.53. The summed E-state index contributed by atoms with van der Waals surface area (Å²) in [5.74, 6) is 2.33. The number of nitrogens with zero attached hydrogens (tertiary/aromatic N) is 7. The SMILES string of the molecule is CC1=C(/C(C#N)=C(\C)N)[C@@](C)(c2nc(-c3cc(N4CCNCC4)nc(OC4CCC5CCN(C)C54)n3)no2)CCC1. The molecule has 0 aromatic carbocycles. The van der Waals surface area contributed by atoms with E-state index in [9.17, 15) is 5.26 Å². The number of aromatic nitrogens is 4. The van der Waals surface area contributed by atoms with Gasteiger partial charge in [-0.25, -0.2) is 0 Å². The van der Waals surface area contributed by atoms with Crippen LogP contribution in [0.4, 0.5) is 5.82 Å². The zero-order valence-corrected chi connectivity index (χ0v) is 24.6. The first-order valence-electron chi connectivity index (χ1n) is 14.9. The molecular formula is C30H41N9O2. The summed E-state index contributed by atoms with van der Waals surface area (Å²) in [4.78, 5) is 19.2. The zero-order valence-electron chi connectivity index (χ0n) is 24.6. The van der Waals surface area contributed by atoms with Crippen molar-refractivity contribution >= 4 is 5.82 Å². The van der Waals surface area contributed by atoms with E-state index in [4.69, 9.17) is 29.9 Å². The van der Waals surface area contributed by atoms with Crippen molar-refractivity contribution < 1.29 is 9.26 Å². The Morgan fingerprint density at radius 2 is 2.00 bits per heavy atom. The molecule has 3 fully saturated rings. The van der Waals surface area contributed by atoms with Crippen LogP contribution in [-0.4, -0.2) is 76.9 Å². The van der Waals surface area contributed by atoms with Gasteiger partial charge in [0.15, 0.2) is 0 Å². The highest BCUT2D eigenvalue weighted by Gasteiger charge is 2.45. The molecule has 2 aromatic heterocycles. The Hall–Kier alpha value is -3.49. The molecule has 0 amide bonds. The minimum absolute atomic E-state index is 0.0620. The standard InChI is InChI=1S/C30H41N9O2/c1-18-6-5-10-30(3,25(18)21(17-31)19(2)32)28-36-27(37-41-28)22-16-24(39-14-11-33-12-15-39)35-29(34-22)40-23-8-7-20-9-13-38(4)26(20)23/h16,20,23,26,33H,5-15,32H2,1-4H3/b21-19+/t20?,23?,26?,30-/m0/s1. The third kappa shape index (κ3) is 5.08. The summed E-state index contributed by atoms with van der Waals surface area (Å²) >= 11 is 0. The summed E-state index contributed by atoms with van der Waals surface area (Å²) in [5.41, 5.74) is 9.12. The molecule has 4 heterocycles. The average molecular weight is 560 g/mol. The number of hydrogen-bond acceptors (Lipinski definition) is 11. The lowest BCUT2D eigenvalue weighted by Crippen LogP contribution is -2.44. The number of likely N-dealkylation sites (N-methyl/N-ethyl adjacent to an activating group) is 1. The van der Waals surface area contributed by atoms with Crippen molar-refractivity contribution in [2.45, 2.75) is 76.9 Å². The first-order chi connectivity index (χ1) is 19.8. The van der Waals surface area contributed by atoms with Gasteiger partial charge >= 0.3 is 6.01 Å². The molecule has 11 heteroatoms. The van der Waals surface area contributed by atoms with Crippen LogP contribution >= 0.6 is 0 Å². The maximum absolute atomic E-state index is 9.97. The number of piperazine rings is 1. The molecule has 2 aliphatic carbocycles. The second-order valence-electron chi connectivity index (χ2n) is 12.3. The van der Waals surface area contributed by atoms with E-state index in [1.807, 2.05) is 6.07 Å². The number of nitrogens with one attached hydrogen (secondary N) is 1. The Labute approximate surface area is 241 Å². The lowest BCUT2D eigenvalue weighted by Gasteiger charge is -2.34. The van der Waals surface area contributed by atoms with E-state index in [2.05, 4.69) is 47.2 Å². The second kappa shape index (κ2) is 11.1. The van der Waals surface area contributed by atoms with Gasteiger partial charge in [-0.05, 0) is 84.4 Å². The summed E-state index contributed by atoms with van der Waals surface area (Å²) in [6.07, 6.45) is 6.11. The van der Waals surface area contributed by atoms with Gasteiger partial charge in [0.25, 0.3) is 0 Å². The second-order valence-corrected chi connectivity index (χ2v) is 12.3. The zero-order chi connectivity index (χ0) is 28.7. The summed E-state index contributed by atoms with van der Waals surface area (Å²) in [5, 5.41) is 17.8. The molecule has 2 saturated heterocycles. The lowest BCUT2D eigenvalue weighted by molar-refractivity contribution is 0.110. The van der Waals surface area contributed by atoms with Crippen LogP contribution < -0.4 is 20.7 Å². The summed E-state index contributed by atoms with van der Waals surface area (Å²) < 4.78 is 12.5. The maximum atomic E-state index is 9.97. The van der Waals surface area contributed by atoms with Crippen molar-refractivity contribution in [3.63, 3.8) is 0 Å². The van der Waals surface area contributed by atoms with Crippen LogP contribution in [0.3, 0.4) is 0 Å². The minimum Gasteiger partial charge on any atom is -0.458 e. The molecule has 11 nitrogen and oxygen atoms in total. The van der Waals surface area contributed by atoms with Crippen LogP contribution in [0.2, 0.25) is 0 Å². The Morgan fingerprint density at radius 3 is 2.76 bits per heavy atom. The first kappa shape index (κ1) is 27.7. The van der Waals surface area contributed by atoms with Crippen LogP contribution in [-0.2, 0) is 5.41 Å². The van der Waals surface area contributed by atoms with Gasteiger partial charge in [-0.2, -0.15) is 20.2 Å². The fourth-order valence-electron chi connectivity index (χ4n) is 7.42. The number of fused-ring (bicyclic) bond motifs is 1. The quantitative estimate of drug-likeness (QED) is 0.503. The van der Waals surface area contributed by atoms with Gasteiger partial charge in [0, 0.05) is 44.0 Å². The van der Waals surface area contributed by atoms with Crippen molar-refractivity contribution in [2.75, 3.05) is 44.7 Å². The van der Waals surface area contributed by atoms with Crippen molar-refractivity contribution in [1.82, 2.24) is 30.3 Å². The molecule has 1 saturated carbocycles. The van der Waals surface area contributed by atoms with E-state index in [-0.39, 0.29) is 6.10 Å². The monoisotopic (exact) mass is 559 g/mol. The highest BCUT2D eigenvalue weighted by atomic mass is 16.5. The van der Waals surface area contributed by atoms with Crippen molar-refractivity contribution in [1.29, 1.82) is 5.26 Å². The largest absolute Gasteiger partial charge is 0.458 e. The van der Waals surface area contributed by atoms with Crippen molar-refractivity contribution in [2.24, 2.45) is 11.7 Å². The lowest BCUT2D eigenvalue weighted by atomic mass is 9.68. The van der Waals surface area contributed by atoms with Crippen LogP contribution in [0, 0.1) is 17.2 Å². The fraction of sp³-hybridized carbons (Fsp3) is 0.633. The summed E-state index contributed by atoms with van der Waals surface area (Å²) in [6.45, 7) is 10.5. The van der Waals surface area contributed by atoms with E-state index in [0.717, 1.165) is 75.4 Å². The topological polar surface area (TPSA) is 142 Å². The molecule has 6 rings (SSSR count). The van der Waals surface area contributed by atoms with E-state index in [1.165, 1.54) is 12.8 Å². The molecule has 4 atom stereocenters. The highest BCUT2D eigenvalue weighted by molar-refractivity contribution is 5.58. The molecule has 41 heavy (non-hydrogen) atoms. The van der Waals surface area contributed by atoms with Gasteiger partial charge in [0.2, 0.25) is 11.7 Å². The number of rotatable bonds is 6. The molecule has 0 radical (unpaired) electrons. The van der Waals surface area contributed by atoms with Gasteiger partial charge in [-0.15, -0.1) is 0 Å². The number of likely N-dealkylation sites (tertiary alicyclic amines) is 1. The molecule has 3 unspecified atom stereocenters. The molecule has 3 N–H and O–H groups in total. The first-order valence-corrected chi connectivity index (χ1v) is 14.9. The number of allylic oxidation sites excluding steroid dienone is 4. The Bertz CT molecular complexity index is 1400. The van der Waals surface area contributed by atoms with Crippen molar-refractivity contribution in [3.8, 4) is 23.6 Å². The number of nitriles is 1. The average Bonchev–Trinajstić information content (AvgIpc) is 3.70. The minimum atomic E-state index is -0.626. The van der Waals surface area contributed by atoms with E-state index >= 15 is 0 Å². The summed E-state index contributed by atoms with van der Waals surface area (Å²) in [7, 11) is 2.19. The Balaban J connectivity index is 1.36. The molecule has 0 spiro atoms. The number of ether oxygens (including phenoxy) is 1. The van der Waals surface area contributed by atoms with Crippen LogP contribution in [0.5, 0.6) is 6.01 Å². The van der Waals surface area contributed by atoms with Crippen LogP contribution in [0.15, 0.2) is 33.0 Å². The molecular weight excluding hydrogens is 518 g/mol. The molecule has 218 valence electrons. The third-order valence-corrected chi connectivity index (χ3v) is 9.53. The maximum Gasteiger partial charge on any atom is 0.319 e. The van der Waals surface area contributed by atoms with Crippen LogP contribution in [0.25, 0.3) is 11.5 Å². The van der Waals surface area contributed by atoms with E-state index < -0.39 is 5.41 Å². The van der Waals surface area contributed by atoms with E-state index in [1.54, 1.807) is 6.92 Å². The van der Waals surface area contributed by atoms with Gasteiger partial charge in [0.1, 0.15) is 23.7 Å². The Kier molecular flexibility index (Phi) is 7.47. The van der Waals surface area contributed by atoms with Gasteiger partial charge in [-0.1, -0.05) is 10.7 Å². The van der Waals surface area contributed by atoms with E-state index in [0.29, 0.717) is 46.6 Å². The molecule has 4 aliphatic rings. The predicted molar refractivity (Wildman–Crippen MR) is 155 cm³/mol. The Morgan fingerprint density at radius 1 is 1.20 bits per heavy atom. The molecule has 0 bridgehead atoms. The van der Waals surface area contributed by atoms with Gasteiger partial charge < -0.3 is 25.2 Å². The van der Waals surface area contributed by atoms with Crippen molar-refractivity contribution in [3.05, 3.63) is 34.4 Å². The predicted octanol–water partition coefficient (Wildman–Crippen LogP) is 3.31. The number of hydrogen-bond donors (Lipinski definition) is 2. The molecule has 2 aliphatic heterocycles. The summed E-state index contributed by atoms with van der Waals surface area (Å²) in [6, 6.07) is 5.02. The number of nitrogens with two attached hydrogens (primary N) is 1. The number of anilines is 1. The van der Waals surface area contributed by atoms with Gasteiger partial charge in [-0.3, -0.25) is 4.90 Å². The molecule has 2 aromatic rings. The highest BCUT2D eigenvalue weighted by Crippen LogP contribution is 2.46. The van der Waals surface area contributed by atoms with Crippen LogP contribution in [0.1, 0.15) is 65.2 Å². The van der Waals surface area contributed by atoms with Gasteiger partial charge in [0.05, 0.1) is 11.0 Å². The fourth-order valence-corrected chi connectivity index (χ4v) is 7.42.